The molecule has 1 amide bonds. The number of thioether (sulfide) groups is 1. The molecule has 0 radical (unpaired) electrons. The molecule has 0 spiro atoms. The van der Waals surface area contributed by atoms with Gasteiger partial charge in [-0.1, -0.05) is 29.4 Å². The Morgan fingerprint density at radius 1 is 1.08 bits per heavy atom. The fourth-order valence-corrected chi connectivity index (χ4v) is 4.25. The van der Waals surface area contributed by atoms with Crippen LogP contribution in [0.25, 0.3) is 11.3 Å². The standard InChI is InChI=1S/C24H21ClF3N7OS/c1-11-16(8-30-24(32-11)37-4)13(3)35-10-14(7-31-35)33-23(36)21-12(2)29-9-18(34-21)19-15(22(27)28)5-6-17(25)20(19)26/h5-10,13,22H,1-4H3,(H,33,36)/t13-/m0/s1. The lowest BCUT2D eigenvalue weighted by Gasteiger charge is -2.14. The Morgan fingerprint density at radius 3 is 2.51 bits per heavy atom. The summed E-state index contributed by atoms with van der Waals surface area (Å²) in [6, 6.07) is 1.84. The van der Waals surface area contributed by atoms with Crippen LogP contribution in [0.15, 0.2) is 42.1 Å². The molecule has 0 saturated heterocycles. The molecular formula is C24H21ClF3N7OS. The van der Waals surface area contributed by atoms with E-state index in [4.69, 9.17) is 11.6 Å². The van der Waals surface area contributed by atoms with Gasteiger partial charge >= 0.3 is 0 Å². The molecule has 0 aliphatic heterocycles. The van der Waals surface area contributed by atoms with E-state index in [1.165, 1.54) is 24.9 Å². The number of hydrogen-bond donors (Lipinski definition) is 1. The number of amides is 1. The van der Waals surface area contributed by atoms with Gasteiger partial charge in [0.15, 0.2) is 11.0 Å². The number of nitrogens with one attached hydrogen (secondary N) is 1. The molecule has 3 heterocycles. The Bertz CT molecular complexity index is 1480. The molecule has 0 fully saturated rings. The highest BCUT2D eigenvalue weighted by atomic mass is 35.5. The Morgan fingerprint density at radius 2 is 1.84 bits per heavy atom. The summed E-state index contributed by atoms with van der Waals surface area (Å²) in [5.41, 5.74) is 0.768. The summed E-state index contributed by atoms with van der Waals surface area (Å²) in [6.07, 6.45) is 4.86. The first-order valence-electron chi connectivity index (χ1n) is 10.9. The summed E-state index contributed by atoms with van der Waals surface area (Å²) in [5, 5.41) is 7.31. The van der Waals surface area contributed by atoms with Crippen LogP contribution in [0.3, 0.4) is 0 Å². The number of anilines is 1. The van der Waals surface area contributed by atoms with E-state index in [1.54, 1.807) is 17.1 Å². The van der Waals surface area contributed by atoms with E-state index in [9.17, 15) is 18.0 Å². The lowest BCUT2D eigenvalue weighted by Crippen LogP contribution is -2.17. The van der Waals surface area contributed by atoms with Crippen LogP contribution in [0.2, 0.25) is 5.02 Å². The predicted octanol–water partition coefficient (Wildman–Crippen LogP) is 6.06. The van der Waals surface area contributed by atoms with Crippen molar-refractivity contribution in [3.05, 3.63) is 76.0 Å². The van der Waals surface area contributed by atoms with Crippen molar-refractivity contribution in [2.24, 2.45) is 0 Å². The van der Waals surface area contributed by atoms with Crippen molar-refractivity contribution in [3.63, 3.8) is 0 Å². The summed E-state index contributed by atoms with van der Waals surface area (Å²) in [5.74, 6) is -1.73. The van der Waals surface area contributed by atoms with Gasteiger partial charge in [0.2, 0.25) is 0 Å². The third-order valence-corrected chi connectivity index (χ3v) is 6.53. The highest BCUT2D eigenvalue weighted by Crippen LogP contribution is 2.35. The topological polar surface area (TPSA) is 98.5 Å². The molecule has 0 aliphatic carbocycles. The van der Waals surface area contributed by atoms with Crippen LogP contribution in [-0.4, -0.2) is 41.9 Å². The van der Waals surface area contributed by atoms with Crippen LogP contribution in [0.5, 0.6) is 0 Å². The average Bonchev–Trinajstić information content (AvgIpc) is 3.33. The zero-order chi connectivity index (χ0) is 26.9. The van der Waals surface area contributed by atoms with Gasteiger partial charge < -0.3 is 5.32 Å². The van der Waals surface area contributed by atoms with Crippen molar-refractivity contribution in [1.29, 1.82) is 0 Å². The molecule has 8 nitrogen and oxygen atoms in total. The number of aromatic nitrogens is 6. The summed E-state index contributed by atoms with van der Waals surface area (Å²) >= 11 is 7.26. The number of benzene rings is 1. The molecule has 37 heavy (non-hydrogen) atoms. The molecule has 1 aromatic carbocycles. The van der Waals surface area contributed by atoms with E-state index in [0.717, 1.165) is 29.6 Å². The Hall–Kier alpha value is -3.51. The van der Waals surface area contributed by atoms with Crippen molar-refractivity contribution < 1.29 is 18.0 Å². The molecule has 0 aliphatic rings. The third-order valence-electron chi connectivity index (χ3n) is 5.67. The Kier molecular flexibility index (Phi) is 7.79. The van der Waals surface area contributed by atoms with Crippen molar-refractivity contribution in [1.82, 2.24) is 29.7 Å². The first-order chi connectivity index (χ1) is 17.6. The van der Waals surface area contributed by atoms with Crippen LogP contribution in [0, 0.1) is 19.7 Å². The van der Waals surface area contributed by atoms with E-state index in [1.807, 2.05) is 20.1 Å². The maximum absolute atomic E-state index is 14.7. The molecule has 13 heteroatoms. The minimum Gasteiger partial charge on any atom is -0.318 e. The predicted molar refractivity (Wildman–Crippen MR) is 135 cm³/mol. The van der Waals surface area contributed by atoms with Gasteiger partial charge in [-0.15, -0.1) is 0 Å². The number of nitrogens with zero attached hydrogens (tertiary/aromatic N) is 6. The van der Waals surface area contributed by atoms with Gasteiger partial charge in [0.05, 0.1) is 40.5 Å². The second-order valence-corrected chi connectivity index (χ2v) is 9.23. The van der Waals surface area contributed by atoms with Crippen molar-refractivity contribution >= 4 is 35.0 Å². The summed E-state index contributed by atoms with van der Waals surface area (Å²) < 4.78 is 43.5. The lowest BCUT2D eigenvalue weighted by molar-refractivity contribution is 0.102. The van der Waals surface area contributed by atoms with Crippen LogP contribution >= 0.6 is 23.4 Å². The maximum Gasteiger partial charge on any atom is 0.276 e. The SMILES string of the molecule is CSc1ncc([C@H](C)n2cc(NC(=O)c3nc(-c4c(C(F)F)ccc(Cl)c4F)cnc3C)cn2)c(C)n1. The lowest BCUT2D eigenvalue weighted by atomic mass is 10.0. The number of rotatable bonds is 7. The van der Waals surface area contributed by atoms with Crippen LogP contribution in [0.4, 0.5) is 18.9 Å². The highest BCUT2D eigenvalue weighted by molar-refractivity contribution is 7.98. The van der Waals surface area contributed by atoms with Crippen LogP contribution < -0.4 is 5.32 Å². The normalized spacial score (nSPS) is 12.1. The summed E-state index contributed by atoms with van der Waals surface area (Å²) in [7, 11) is 0. The molecule has 0 unspecified atom stereocenters. The van der Waals surface area contributed by atoms with Crippen LogP contribution in [0.1, 0.15) is 52.4 Å². The fraction of sp³-hybridized carbons (Fsp3) is 0.250. The van der Waals surface area contributed by atoms with Crippen molar-refractivity contribution in [3.8, 4) is 11.3 Å². The molecule has 192 valence electrons. The van der Waals surface area contributed by atoms with Gasteiger partial charge in [0, 0.05) is 34.8 Å². The first kappa shape index (κ1) is 26.6. The molecule has 0 bridgehead atoms. The number of halogens is 4. The van der Waals surface area contributed by atoms with Crippen molar-refractivity contribution in [2.45, 2.75) is 38.4 Å². The summed E-state index contributed by atoms with van der Waals surface area (Å²) in [4.78, 5) is 30.0. The van der Waals surface area contributed by atoms with E-state index >= 15 is 0 Å². The minimum absolute atomic E-state index is 0.158. The monoisotopic (exact) mass is 547 g/mol. The molecule has 4 rings (SSSR count). The number of carbonyl (C=O) groups is 1. The average molecular weight is 548 g/mol. The summed E-state index contributed by atoms with van der Waals surface area (Å²) in [6.45, 7) is 5.33. The van der Waals surface area contributed by atoms with Gasteiger partial charge in [0.1, 0.15) is 5.69 Å². The second kappa shape index (κ2) is 10.9. The van der Waals surface area contributed by atoms with E-state index in [0.29, 0.717) is 10.8 Å². The van der Waals surface area contributed by atoms with E-state index in [2.05, 4.69) is 30.4 Å². The highest BCUT2D eigenvalue weighted by Gasteiger charge is 2.24. The number of hydrogen-bond acceptors (Lipinski definition) is 7. The van der Waals surface area contributed by atoms with Gasteiger partial charge in [-0.25, -0.2) is 28.1 Å². The number of carbonyl (C=O) groups excluding carboxylic acids is 1. The van der Waals surface area contributed by atoms with Crippen LogP contribution in [-0.2, 0) is 0 Å². The zero-order valence-electron chi connectivity index (χ0n) is 20.1. The van der Waals surface area contributed by atoms with Gasteiger partial charge in [-0.2, -0.15) is 5.10 Å². The zero-order valence-corrected chi connectivity index (χ0v) is 21.7. The van der Waals surface area contributed by atoms with E-state index < -0.39 is 29.3 Å². The van der Waals surface area contributed by atoms with Gasteiger partial charge in [0.25, 0.3) is 12.3 Å². The fourth-order valence-electron chi connectivity index (χ4n) is 3.70. The minimum atomic E-state index is -2.99. The molecule has 4 aromatic rings. The first-order valence-corrected chi connectivity index (χ1v) is 12.5. The third kappa shape index (κ3) is 5.44. The maximum atomic E-state index is 14.7. The quantitative estimate of drug-likeness (QED) is 0.222. The number of aryl methyl sites for hydroxylation is 2. The molecular weight excluding hydrogens is 527 g/mol. The van der Waals surface area contributed by atoms with Crippen molar-refractivity contribution in [2.75, 3.05) is 11.6 Å². The largest absolute Gasteiger partial charge is 0.318 e. The van der Waals surface area contributed by atoms with Gasteiger partial charge in [-0.05, 0) is 33.1 Å². The molecule has 1 atom stereocenters. The smallest absolute Gasteiger partial charge is 0.276 e. The molecule has 3 aromatic heterocycles. The second-order valence-electron chi connectivity index (χ2n) is 8.05. The Balaban J connectivity index is 1.60. The number of alkyl halides is 2. The van der Waals surface area contributed by atoms with E-state index in [-0.39, 0.29) is 28.1 Å². The Labute approximate surface area is 219 Å². The molecule has 0 saturated carbocycles. The molecule has 1 N–H and O–H groups in total. The van der Waals surface area contributed by atoms with Gasteiger partial charge in [-0.3, -0.25) is 14.5 Å².